The van der Waals surface area contributed by atoms with Crippen LogP contribution in [0.25, 0.3) is 0 Å². The van der Waals surface area contributed by atoms with E-state index < -0.39 is 17.1 Å². The fraction of sp³-hybridized carbons (Fsp3) is 0.516. The van der Waals surface area contributed by atoms with Crippen molar-refractivity contribution in [2.24, 2.45) is 11.3 Å². The van der Waals surface area contributed by atoms with Gasteiger partial charge in [0.2, 0.25) is 11.8 Å². The maximum atomic E-state index is 14.3. The van der Waals surface area contributed by atoms with Crippen molar-refractivity contribution in [2.45, 2.75) is 57.5 Å². The van der Waals surface area contributed by atoms with Crippen molar-refractivity contribution in [1.29, 1.82) is 0 Å². The van der Waals surface area contributed by atoms with E-state index in [9.17, 15) is 19.5 Å². The molecule has 2 aromatic rings. The zero-order valence-electron chi connectivity index (χ0n) is 24.2. The summed E-state index contributed by atoms with van der Waals surface area (Å²) in [6.07, 6.45) is 0.895. The van der Waals surface area contributed by atoms with Crippen LogP contribution < -0.4 is 14.4 Å². The molecular weight excluding hydrogens is 528 g/mol. The lowest BCUT2D eigenvalue weighted by Gasteiger charge is -2.33. The van der Waals surface area contributed by atoms with E-state index in [0.29, 0.717) is 44.0 Å². The molecule has 2 aromatic carbocycles. The lowest BCUT2D eigenvalue weighted by Crippen LogP contribution is -2.45. The van der Waals surface area contributed by atoms with Gasteiger partial charge in [-0.05, 0) is 42.9 Å². The molecular formula is C31H40N2O6S. The number of methoxy groups -OCH3 is 2. The monoisotopic (exact) mass is 568 g/mol. The van der Waals surface area contributed by atoms with Crippen LogP contribution in [0.1, 0.15) is 62.0 Å². The molecule has 40 heavy (non-hydrogen) atoms. The number of aliphatic carboxylic acids is 1. The first-order chi connectivity index (χ1) is 18.9. The fourth-order valence-electron chi connectivity index (χ4n) is 5.51. The number of piperidine rings is 1. The molecule has 0 spiro atoms. The Morgan fingerprint density at radius 2 is 1.75 bits per heavy atom. The lowest BCUT2D eigenvalue weighted by atomic mass is 9.93. The number of para-hydroxylation sites is 1. The van der Waals surface area contributed by atoms with Crippen LogP contribution in [0.2, 0.25) is 0 Å². The maximum absolute atomic E-state index is 14.3. The fourth-order valence-corrected chi connectivity index (χ4v) is 6.99. The van der Waals surface area contributed by atoms with E-state index in [1.165, 1.54) is 11.8 Å². The molecule has 0 saturated carbocycles. The molecule has 2 aliphatic heterocycles. The number of rotatable bonds is 7. The first-order valence-electron chi connectivity index (χ1n) is 13.7. The molecule has 0 aliphatic carbocycles. The van der Waals surface area contributed by atoms with Crippen LogP contribution in [-0.2, 0) is 14.4 Å². The summed E-state index contributed by atoms with van der Waals surface area (Å²) in [5.74, 6) is -0.254. The van der Waals surface area contributed by atoms with E-state index >= 15 is 0 Å². The zero-order valence-corrected chi connectivity index (χ0v) is 25.0. The number of hydrogen-bond acceptors (Lipinski definition) is 6. The van der Waals surface area contributed by atoms with Gasteiger partial charge in [-0.3, -0.25) is 14.4 Å². The van der Waals surface area contributed by atoms with Crippen LogP contribution in [0.4, 0.5) is 5.69 Å². The molecule has 0 radical (unpaired) electrons. The van der Waals surface area contributed by atoms with Gasteiger partial charge in [0.25, 0.3) is 0 Å². The van der Waals surface area contributed by atoms with Crippen molar-refractivity contribution < 1.29 is 29.0 Å². The Kier molecular flexibility index (Phi) is 9.02. The average molecular weight is 569 g/mol. The number of thioether (sulfide) groups is 1. The molecule has 2 aliphatic rings. The Morgan fingerprint density at radius 3 is 2.35 bits per heavy atom. The number of ether oxygens (including phenoxy) is 2. The number of carboxylic acid groups (broad SMARTS) is 1. The highest BCUT2D eigenvalue weighted by Crippen LogP contribution is 2.51. The van der Waals surface area contributed by atoms with Gasteiger partial charge in [0.15, 0.2) is 11.5 Å². The second-order valence-corrected chi connectivity index (χ2v) is 13.1. The summed E-state index contributed by atoms with van der Waals surface area (Å²) in [4.78, 5) is 42.8. The molecule has 8 nitrogen and oxygen atoms in total. The third-order valence-corrected chi connectivity index (χ3v) is 8.98. The van der Waals surface area contributed by atoms with Crippen LogP contribution in [0.15, 0.2) is 36.4 Å². The van der Waals surface area contributed by atoms with E-state index in [0.717, 1.165) is 22.4 Å². The molecule has 0 unspecified atom stereocenters. The largest absolute Gasteiger partial charge is 0.493 e. The molecule has 1 N–H and O–H groups in total. The predicted octanol–water partition coefficient (Wildman–Crippen LogP) is 5.31. The van der Waals surface area contributed by atoms with Crippen molar-refractivity contribution in [3.05, 3.63) is 53.1 Å². The van der Waals surface area contributed by atoms with Crippen LogP contribution in [-0.4, -0.2) is 66.9 Å². The second kappa shape index (κ2) is 12.1. The van der Waals surface area contributed by atoms with Crippen molar-refractivity contribution >= 4 is 35.2 Å². The number of anilines is 1. The van der Waals surface area contributed by atoms with Gasteiger partial charge in [0.1, 0.15) is 0 Å². The molecule has 216 valence electrons. The zero-order chi connectivity index (χ0) is 29.2. The number of fused-ring (bicyclic) bond motifs is 1. The van der Waals surface area contributed by atoms with Crippen molar-refractivity contribution in [3.8, 4) is 11.5 Å². The number of carbonyl (C=O) groups is 3. The summed E-state index contributed by atoms with van der Waals surface area (Å²) >= 11 is 1.47. The van der Waals surface area contributed by atoms with Crippen molar-refractivity contribution in [3.63, 3.8) is 0 Å². The Balaban J connectivity index is 1.77. The van der Waals surface area contributed by atoms with Gasteiger partial charge in [0, 0.05) is 37.3 Å². The Labute approximate surface area is 241 Å². The second-order valence-electron chi connectivity index (χ2n) is 11.8. The Hall–Kier alpha value is -3.20. The molecule has 1 saturated heterocycles. The Bertz CT molecular complexity index is 1260. The summed E-state index contributed by atoms with van der Waals surface area (Å²) in [5, 5.41) is 8.43. The van der Waals surface area contributed by atoms with Crippen molar-refractivity contribution in [1.82, 2.24) is 4.90 Å². The first-order valence-corrected chi connectivity index (χ1v) is 14.7. The van der Waals surface area contributed by atoms with E-state index in [2.05, 4.69) is 26.8 Å². The normalized spacial score (nSPS) is 20.1. The quantitative estimate of drug-likeness (QED) is 0.484. The number of amides is 2. The molecule has 4 rings (SSSR count). The Morgan fingerprint density at radius 1 is 1.05 bits per heavy atom. The van der Waals surface area contributed by atoms with Crippen molar-refractivity contribution in [2.75, 3.05) is 38.8 Å². The van der Waals surface area contributed by atoms with Gasteiger partial charge >= 0.3 is 5.97 Å². The number of likely N-dealkylation sites (tertiary alicyclic amines) is 1. The minimum absolute atomic E-state index is 0.0393. The summed E-state index contributed by atoms with van der Waals surface area (Å²) in [7, 11) is 3.21. The van der Waals surface area contributed by atoms with Crippen LogP contribution in [0.3, 0.4) is 0 Å². The molecule has 1 fully saturated rings. The van der Waals surface area contributed by atoms with Crippen LogP contribution in [0, 0.1) is 18.3 Å². The highest BCUT2D eigenvalue weighted by Gasteiger charge is 2.40. The molecule has 0 aromatic heterocycles. The minimum Gasteiger partial charge on any atom is -0.493 e. The van der Waals surface area contributed by atoms with Crippen LogP contribution in [0.5, 0.6) is 11.5 Å². The van der Waals surface area contributed by atoms with Gasteiger partial charge in [0.05, 0.1) is 30.6 Å². The van der Waals surface area contributed by atoms with E-state index in [1.54, 1.807) is 19.1 Å². The molecule has 2 atom stereocenters. The predicted molar refractivity (Wildman–Crippen MR) is 157 cm³/mol. The third-order valence-electron chi connectivity index (χ3n) is 7.50. The molecule has 2 amide bonds. The average Bonchev–Trinajstić information content (AvgIpc) is 3.02. The number of aryl methyl sites for hydroxylation is 1. The molecule has 9 heteroatoms. The first kappa shape index (κ1) is 29.8. The van der Waals surface area contributed by atoms with E-state index in [-0.39, 0.29) is 28.9 Å². The third kappa shape index (κ3) is 6.40. The highest BCUT2D eigenvalue weighted by atomic mass is 32.2. The molecule has 0 bridgehead atoms. The van der Waals surface area contributed by atoms with Gasteiger partial charge in [-0.25, -0.2) is 0 Å². The number of carboxylic acids is 1. The number of benzene rings is 2. The van der Waals surface area contributed by atoms with Gasteiger partial charge in [-0.2, -0.15) is 0 Å². The minimum atomic E-state index is -0.817. The summed E-state index contributed by atoms with van der Waals surface area (Å²) in [5.41, 5.74) is 3.61. The smallest absolute Gasteiger partial charge is 0.306 e. The van der Waals surface area contributed by atoms with Gasteiger partial charge in [-0.15, -0.1) is 11.8 Å². The van der Waals surface area contributed by atoms with Gasteiger partial charge < -0.3 is 24.4 Å². The number of hydrogen-bond donors (Lipinski definition) is 1. The topological polar surface area (TPSA) is 96.4 Å². The van der Waals surface area contributed by atoms with E-state index in [4.69, 9.17) is 9.47 Å². The molecule has 2 heterocycles. The summed E-state index contributed by atoms with van der Waals surface area (Å²) in [6, 6.07) is 11.9. The van der Waals surface area contributed by atoms with E-state index in [1.807, 2.05) is 42.2 Å². The lowest BCUT2D eigenvalue weighted by molar-refractivity contribution is -0.145. The number of carbonyl (C=O) groups excluding carboxylic acids is 2. The van der Waals surface area contributed by atoms with Crippen LogP contribution >= 0.6 is 11.8 Å². The standard InChI is InChI=1S/C31H40N2O6S/c1-19-10-11-23-22(16-19)28(21-8-7-9-24(38-5)27(21)39-6)40-25(29(35)33(23)18-31(2,3)4)17-26(34)32-14-12-20(13-15-32)30(36)37/h7-11,16,20,25,28H,12-15,17-18H2,1-6H3,(H,36,37)/t25-,28-/m0/s1. The maximum Gasteiger partial charge on any atom is 0.306 e. The number of nitrogens with zero attached hydrogens (tertiary/aromatic N) is 2. The SMILES string of the molecule is COc1cccc([C@@H]2S[C@@H](CC(=O)N3CCC(C(=O)O)CC3)C(=O)N(CC(C)(C)C)c3ccc(C)cc32)c1OC. The highest BCUT2D eigenvalue weighted by molar-refractivity contribution is 8.01. The summed E-state index contributed by atoms with van der Waals surface area (Å²) in [6.45, 7) is 9.61. The van der Waals surface area contributed by atoms with Gasteiger partial charge in [-0.1, -0.05) is 50.6 Å². The summed E-state index contributed by atoms with van der Waals surface area (Å²) < 4.78 is 11.4.